The summed E-state index contributed by atoms with van der Waals surface area (Å²) in [6.45, 7) is 1.49. The third-order valence-electron chi connectivity index (χ3n) is 5.10. The van der Waals surface area contributed by atoms with Crippen LogP contribution in [0.3, 0.4) is 0 Å². The molecule has 2 aromatic carbocycles. The number of amides is 2. The zero-order valence-corrected chi connectivity index (χ0v) is 17.2. The second-order valence-electron chi connectivity index (χ2n) is 7.49. The number of benzene rings is 2. The maximum atomic E-state index is 12.5. The number of hydrogen-bond donors (Lipinski definition) is 5. The second-order valence-corrected chi connectivity index (χ2v) is 7.49. The van der Waals surface area contributed by atoms with Gasteiger partial charge in [0, 0.05) is 23.5 Å². The van der Waals surface area contributed by atoms with Crippen LogP contribution < -0.4 is 16.4 Å². The van der Waals surface area contributed by atoms with Crippen LogP contribution in [0.15, 0.2) is 60.8 Å². The molecule has 1 aromatic heterocycles. The number of carboxylic acid groups (broad SMARTS) is 1. The van der Waals surface area contributed by atoms with Gasteiger partial charge >= 0.3 is 5.97 Å². The molecule has 8 heteroatoms. The molecule has 3 rings (SSSR count). The summed E-state index contributed by atoms with van der Waals surface area (Å²) in [5.74, 6) is -2.22. The number of aromatic nitrogens is 1. The lowest BCUT2D eigenvalue weighted by Crippen LogP contribution is -2.54. The van der Waals surface area contributed by atoms with E-state index in [-0.39, 0.29) is 6.42 Å². The number of carboxylic acids is 1. The van der Waals surface area contributed by atoms with Crippen LogP contribution in [0.4, 0.5) is 0 Å². The fraction of sp³-hybridized carbons (Fsp3) is 0.261. The standard InChI is InChI=1S/C23H26N4O4/c1-14(26-22(29)18(24)11-15-7-3-2-4-8-15)21(28)27-20(23(30)31)12-16-13-25-19-10-6-5-9-17(16)19/h2-10,13-14,18,20,25H,11-12,24H2,1H3,(H,26,29)(H,27,28)(H,30,31)/t14-,18-,20-/m0/s1. The molecule has 0 unspecified atom stereocenters. The van der Waals surface area contributed by atoms with Gasteiger partial charge in [-0.15, -0.1) is 0 Å². The van der Waals surface area contributed by atoms with E-state index >= 15 is 0 Å². The first-order chi connectivity index (χ1) is 14.8. The van der Waals surface area contributed by atoms with Crippen LogP contribution in [0, 0.1) is 0 Å². The van der Waals surface area contributed by atoms with E-state index in [1.807, 2.05) is 54.6 Å². The monoisotopic (exact) mass is 422 g/mol. The van der Waals surface area contributed by atoms with E-state index in [2.05, 4.69) is 15.6 Å². The maximum absolute atomic E-state index is 12.5. The van der Waals surface area contributed by atoms with Gasteiger partial charge in [0.1, 0.15) is 12.1 Å². The number of nitrogens with one attached hydrogen (secondary N) is 3. The first-order valence-corrected chi connectivity index (χ1v) is 10.0. The number of aromatic amines is 1. The molecular formula is C23H26N4O4. The molecule has 31 heavy (non-hydrogen) atoms. The Bertz CT molecular complexity index is 1060. The van der Waals surface area contributed by atoms with E-state index in [1.54, 1.807) is 6.20 Å². The molecule has 0 fully saturated rings. The minimum absolute atomic E-state index is 0.110. The third-order valence-corrected chi connectivity index (χ3v) is 5.10. The molecule has 0 spiro atoms. The van der Waals surface area contributed by atoms with E-state index < -0.39 is 35.9 Å². The summed E-state index contributed by atoms with van der Waals surface area (Å²) in [6.07, 6.45) is 2.18. The van der Waals surface area contributed by atoms with Gasteiger partial charge in [-0.2, -0.15) is 0 Å². The Morgan fingerprint density at radius 2 is 1.65 bits per heavy atom. The van der Waals surface area contributed by atoms with Crippen molar-refractivity contribution in [3.63, 3.8) is 0 Å². The number of para-hydroxylation sites is 1. The molecule has 1 heterocycles. The Labute approximate surface area is 179 Å². The van der Waals surface area contributed by atoms with Crippen molar-refractivity contribution < 1.29 is 19.5 Å². The number of H-pyrrole nitrogens is 1. The number of fused-ring (bicyclic) bond motifs is 1. The molecule has 0 radical (unpaired) electrons. The largest absolute Gasteiger partial charge is 0.480 e. The molecule has 0 saturated carbocycles. The molecule has 0 aliphatic rings. The Hall–Kier alpha value is -3.65. The Morgan fingerprint density at radius 1 is 0.968 bits per heavy atom. The number of rotatable bonds is 9. The van der Waals surface area contributed by atoms with Crippen molar-refractivity contribution in [1.29, 1.82) is 0 Å². The van der Waals surface area contributed by atoms with Gasteiger partial charge in [0.25, 0.3) is 0 Å². The van der Waals surface area contributed by atoms with Crippen molar-refractivity contribution in [2.75, 3.05) is 0 Å². The third kappa shape index (κ3) is 5.70. The summed E-state index contributed by atoms with van der Waals surface area (Å²) in [7, 11) is 0. The SMILES string of the molecule is C[C@H](NC(=O)[C@@H](N)Cc1ccccc1)C(=O)N[C@@H](Cc1c[nH]c2ccccc12)C(=O)O. The average Bonchev–Trinajstić information content (AvgIpc) is 3.16. The summed E-state index contributed by atoms with van der Waals surface area (Å²) in [5, 5.41) is 15.5. The normalized spacial score (nSPS) is 13.9. The van der Waals surface area contributed by atoms with Gasteiger partial charge in [0.15, 0.2) is 0 Å². The first kappa shape index (κ1) is 22.0. The van der Waals surface area contributed by atoms with Crippen LogP contribution >= 0.6 is 0 Å². The van der Waals surface area contributed by atoms with Gasteiger partial charge in [0.2, 0.25) is 11.8 Å². The van der Waals surface area contributed by atoms with Gasteiger partial charge in [0.05, 0.1) is 6.04 Å². The molecule has 162 valence electrons. The molecule has 0 aliphatic carbocycles. The van der Waals surface area contributed by atoms with Crippen LogP contribution in [0.2, 0.25) is 0 Å². The van der Waals surface area contributed by atoms with Crippen molar-refractivity contribution in [3.8, 4) is 0 Å². The molecule has 0 bridgehead atoms. The minimum atomic E-state index is -1.15. The molecule has 8 nitrogen and oxygen atoms in total. The molecule has 6 N–H and O–H groups in total. The first-order valence-electron chi connectivity index (χ1n) is 10.0. The zero-order valence-electron chi connectivity index (χ0n) is 17.2. The number of carbonyl (C=O) groups is 3. The van der Waals surface area contributed by atoms with Crippen molar-refractivity contribution in [2.24, 2.45) is 5.73 Å². The lowest BCUT2D eigenvalue weighted by molar-refractivity contribution is -0.142. The highest BCUT2D eigenvalue weighted by atomic mass is 16.4. The molecular weight excluding hydrogens is 396 g/mol. The predicted octanol–water partition coefficient (Wildman–Crippen LogP) is 1.35. The van der Waals surface area contributed by atoms with E-state index in [0.717, 1.165) is 22.0 Å². The average molecular weight is 422 g/mol. The number of aliphatic carboxylic acids is 1. The highest BCUT2D eigenvalue weighted by Crippen LogP contribution is 2.19. The van der Waals surface area contributed by atoms with Crippen molar-refractivity contribution in [2.45, 2.75) is 37.9 Å². The smallest absolute Gasteiger partial charge is 0.326 e. The highest BCUT2D eigenvalue weighted by Gasteiger charge is 2.26. The van der Waals surface area contributed by atoms with Crippen molar-refractivity contribution in [1.82, 2.24) is 15.6 Å². The van der Waals surface area contributed by atoms with Crippen molar-refractivity contribution in [3.05, 3.63) is 71.9 Å². The van der Waals surface area contributed by atoms with Gasteiger partial charge in [-0.3, -0.25) is 9.59 Å². The lowest BCUT2D eigenvalue weighted by Gasteiger charge is -2.20. The van der Waals surface area contributed by atoms with Gasteiger partial charge in [-0.25, -0.2) is 4.79 Å². The highest BCUT2D eigenvalue weighted by molar-refractivity contribution is 5.92. The molecule has 3 aromatic rings. The summed E-state index contributed by atoms with van der Waals surface area (Å²) in [6, 6.07) is 14.0. The van der Waals surface area contributed by atoms with E-state index in [1.165, 1.54) is 6.92 Å². The Morgan fingerprint density at radius 3 is 2.35 bits per heavy atom. The maximum Gasteiger partial charge on any atom is 0.326 e. The summed E-state index contributed by atoms with van der Waals surface area (Å²) in [4.78, 5) is 39.7. The van der Waals surface area contributed by atoms with E-state index in [9.17, 15) is 19.5 Å². The van der Waals surface area contributed by atoms with Gasteiger partial charge in [-0.05, 0) is 30.5 Å². The lowest BCUT2D eigenvalue weighted by atomic mass is 10.0. The summed E-state index contributed by atoms with van der Waals surface area (Å²) in [5.41, 5.74) is 8.53. The van der Waals surface area contributed by atoms with Crippen LogP contribution in [-0.4, -0.2) is 46.0 Å². The van der Waals surface area contributed by atoms with Gasteiger partial charge < -0.3 is 26.5 Å². The molecule has 3 atom stereocenters. The summed E-state index contributed by atoms with van der Waals surface area (Å²) >= 11 is 0. The van der Waals surface area contributed by atoms with E-state index in [4.69, 9.17) is 5.73 Å². The summed E-state index contributed by atoms with van der Waals surface area (Å²) < 4.78 is 0. The van der Waals surface area contributed by atoms with Crippen molar-refractivity contribution >= 4 is 28.7 Å². The number of nitrogens with two attached hydrogens (primary N) is 1. The molecule has 0 aliphatic heterocycles. The fourth-order valence-electron chi connectivity index (χ4n) is 3.36. The Kier molecular flexibility index (Phi) is 7.04. The zero-order chi connectivity index (χ0) is 22.4. The van der Waals surface area contributed by atoms with E-state index in [0.29, 0.717) is 6.42 Å². The van der Waals surface area contributed by atoms with Crippen LogP contribution in [0.1, 0.15) is 18.1 Å². The topological polar surface area (TPSA) is 137 Å². The second kappa shape index (κ2) is 9.90. The molecule has 2 amide bonds. The van der Waals surface area contributed by atoms with Crippen LogP contribution in [0.5, 0.6) is 0 Å². The predicted molar refractivity (Wildman–Crippen MR) is 117 cm³/mol. The Balaban J connectivity index is 1.58. The van der Waals surface area contributed by atoms with Crippen LogP contribution in [-0.2, 0) is 27.2 Å². The van der Waals surface area contributed by atoms with Gasteiger partial charge in [-0.1, -0.05) is 48.5 Å². The van der Waals surface area contributed by atoms with Crippen LogP contribution in [0.25, 0.3) is 10.9 Å². The number of hydrogen-bond acceptors (Lipinski definition) is 4. The quantitative estimate of drug-likeness (QED) is 0.354. The minimum Gasteiger partial charge on any atom is -0.480 e. The number of carbonyl (C=O) groups excluding carboxylic acids is 2. The fourth-order valence-corrected chi connectivity index (χ4v) is 3.36. The molecule has 0 saturated heterocycles.